The average Bonchev–Trinajstić information content (AvgIpc) is 2.72. The van der Waals surface area contributed by atoms with Gasteiger partial charge < -0.3 is 9.47 Å². The first-order valence-corrected chi connectivity index (χ1v) is 8.86. The Bertz CT molecular complexity index is 929. The van der Waals surface area contributed by atoms with E-state index in [1.807, 2.05) is 54.6 Å². The van der Waals surface area contributed by atoms with Crippen LogP contribution in [-0.4, -0.2) is 19.2 Å². The molecule has 0 atom stereocenters. The molecule has 0 amide bonds. The predicted octanol–water partition coefficient (Wildman–Crippen LogP) is 5.52. The summed E-state index contributed by atoms with van der Waals surface area (Å²) in [5, 5.41) is 0. The van der Waals surface area contributed by atoms with Gasteiger partial charge in [0.15, 0.2) is 0 Å². The van der Waals surface area contributed by atoms with Crippen molar-refractivity contribution in [2.75, 3.05) is 13.2 Å². The fourth-order valence-corrected chi connectivity index (χ4v) is 2.81. The van der Waals surface area contributed by atoms with E-state index < -0.39 is 5.97 Å². The number of rotatable bonds is 7. The van der Waals surface area contributed by atoms with E-state index in [4.69, 9.17) is 9.47 Å². The molecule has 0 aromatic heterocycles. The Morgan fingerprint density at radius 1 is 0.778 bits per heavy atom. The van der Waals surface area contributed by atoms with Crippen molar-refractivity contribution >= 4 is 5.97 Å². The van der Waals surface area contributed by atoms with Gasteiger partial charge in [0.25, 0.3) is 0 Å². The van der Waals surface area contributed by atoms with Crippen LogP contribution in [0.5, 0.6) is 5.75 Å². The molecule has 0 bridgehead atoms. The van der Waals surface area contributed by atoms with Crippen molar-refractivity contribution in [3.8, 4) is 28.0 Å². The second kappa shape index (κ2) is 8.86. The van der Waals surface area contributed by atoms with E-state index in [9.17, 15) is 4.79 Å². The van der Waals surface area contributed by atoms with Crippen molar-refractivity contribution in [1.82, 2.24) is 0 Å². The number of esters is 1. The molecule has 3 rings (SSSR count). The lowest BCUT2D eigenvalue weighted by molar-refractivity contribution is -0.139. The molecule has 0 saturated carbocycles. The fraction of sp³-hybridized carbons (Fsp3) is 0.125. The Morgan fingerprint density at radius 2 is 1.37 bits per heavy atom. The van der Waals surface area contributed by atoms with Gasteiger partial charge in [-0.3, -0.25) is 0 Å². The maximum atomic E-state index is 11.5. The van der Waals surface area contributed by atoms with Crippen LogP contribution < -0.4 is 4.74 Å². The third-order valence-corrected chi connectivity index (χ3v) is 4.11. The minimum Gasteiger partial charge on any atom is -0.489 e. The topological polar surface area (TPSA) is 35.5 Å². The summed E-state index contributed by atoms with van der Waals surface area (Å²) in [5.41, 5.74) is 4.77. The van der Waals surface area contributed by atoms with Crippen LogP contribution in [0, 0.1) is 0 Å². The SMILES string of the molecule is C=C(C)C(=O)OCCOc1ccccc1-c1ccccc1-c1ccccc1. The zero-order valence-corrected chi connectivity index (χ0v) is 15.4. The highest BCUT2D eigenvalue weighted by Crippen LogP contribution is 2.37. The third-order valence-electron chi connectivity index (χ3n) is 4.11. The van der Waals surface area contributed by atoms with Crippen LogP contribution >= 0.6 is 0 Å². The number of hydrogen-bond acceptors (Lipinski definition) is 3. The summed E-state index contributed by atoms with van der Waals surface area (Å²) >= 11 is 0. The summed E-state index contributed by atoms with van der Waals surface area (Å²) in [4.78, 5) is 11.5. The molecule has 0 heterocycles. The van der Waals surface area contributed by atoms with E-state index in [1.165, 1.54) is 0 Å². The Kier molecular flexibility index (Phi) is 6.06. The molecule has 136 valence electrons. The van der Waals surface area contributed by atoms with Gasteiger partial charge in [-0.05, 0) is 29.7 Å². The maximum Gasteiger partial charge on any atom is 0.333 e. The molecule has 3 aromatic rings. The molecule has 3 heteroatoms. The Balaban J connectivity index is 1.83. The number of hydrogen-bond donors (Lipinski definition) is 0. The van der Waals surface area contributed by atoms with Crippen molar-refractivity contribution in [3.63, 3.8) is 0 Å². The van der Waals surface area contributed by atoms with E-state index >= 15 is 0 Å². The van der Waals surface area contributed by atoms with E-state index in [1.54, 1.807) is 6.92 Å². The number of benzene rings is 3. The lowest BCUT2D eigenvalue weighted by atomic mass is 9.94. The van der Waals surface area contributed by atoms with Crippen LogP contribution in [0.1, 0.15) is 6.92 Å². The second-order valence-electron chi connectivity index (χ2n) is 6.17. The molecule has 0 fully saturated rings. The zero-order valence-electron chi connectivity index (χ0n) is 15.4. The normalized spacial score (nSPS) is 10.3. The smallest absolute Gasteiger partial charge is 0.333 e. The van der Waals surface area contributed by atoms with Gasteiger partial charge in [0.05, 0.1) is 0 Å². The van der Waals surface area contributed by atoms with E-state index in [0.29, 0.717) is 5.57 Å². The van der Waals surface area contributed by atoms with Crippen LogP contribution in [0.15, 0.2) is 91.0 Å². The van der Waals surface area contributed by atoms with Crippen molar-refractivity contribution in [3.05, 3.63) is 91.0 Å². The Hall–Kier alpha value is -3.33. The molecule has 0 N–H and O–H groups in total. The van der Waals surface area contributed by atoms with E-state index in [-0.39, 0.29) is 13.2 Å². The van der Waals surface area contributed by atoms with Gasteiger partial charge in [-0.15, -0.1) is 0 Å². The highest BCUT2D eigenvalue weighted by atomic mass is 16.6. The minimum absolute atomic E-state index is 0.181. The van der Waals surface area contributed by atoms with Gasteiger partial charge in [-0.25, -0.2) is 4.79 Å². The third kappa shape index (κ3) is 4.64. The maximum absolute atomic E-state index is 11.5. The summed E-state index contributed by atoms with van der Waals surface area (Å²) in [6, 6.07) is 26.4. The lowest BCUT2D eigenvalue weighted by Gasteiger charge is -2.15. The summed E-state index contributed by atoms with van der Waals surface area (Å²) in [6.07, 6.45) is 0. The Morgan fingerprint density at radius 3 is 2.07 bits per heavy atom. The van der Waals surface area contributed by atoms with Crippen LogP contribution in [0.3, 0.4) is 0 Å². The Labute approximate surface area is 159 Å². The summed E-state index contributed by atoms with van der Waals surface area (Å²) in [7, 11) is 0. The fourth-order valence-electron chi connectivity index (χ4n) is 2.81. The van der Waals surface area contributed by atoms with Crippen LogP contribution in [0.25, 0.3) is 22.3 Å². The van der Waals surface area contributed by atoms with Gasteiger partial charge in [0.1, 0.15) is 19.0 Å². The first-order valence-electron chi connectivity index (χ1n) is 8.86. The molecule has 3 aromatic carbocycles. The minimum atomic E-state index is -0.402. The number of carbonyl (C=O) groups excluding carboxylic acids is 1. The molecule has 27 heavy (non-hydrogen) atoms. The van der Waals surface area contributed by atoms with Gasteiger partial charge in [0.2, 0.25) is 0 Å². The first kappa shape index (κ1) is 18.5. The van der Waals surface area contributed by atoms with Gasteiger partial charge in [-0.2, -0.15) is 0 Å². The van der Waals surface area contributed by atoms with Gasteiger partial charge in [-0.1, -0.05) is 79.4 Å². The molecule has 0 aliphatic heterocycles. The average molecular weight is 358 g/mol. The molecular weight excluding hydrogens is 336 g/mol. The number of carbonyl (C=O) groups is 1. The zero-order chi connectivity index (χ0) is 19.1. The monoisotopic (exact) mass is 358 g/mol. The quantitative estimate of drug-likeness (QED) is 0.317. The van der Waals surface area contributed by atoms with E-state index in [0.717, 1.165) is 28.0 Å². The summed E-state index contributed by atoms with van der Waals surface area (Å²) in [6.45, 7) is 5.66. The molecule has 0 radical (unpaired) electrons. The van der Waals surface area contributed by atoms with Crippen LogP contribution in [0.2, 0.25) is 0 Å². The second-order valence-corrected chi connectivity index (χ2v) is 6.17. The molecule has 0 aliphatic rings. The summed E-state index contributed by atoms with van der Waals surface area (Å²) < 4.78 is 11.0. The van der Waals surface area contributed by atoms with Crippen molar-refractivity contribution in [1.29, 1.82) is 0 Å². The van der Waals surface area contributed by atoms with Gasteiger partial charge >= 0.3 is 5.97 Å². The first-order chi connectivity index (χ1) is 13.2. The highest BCUT2D eigenvalue weighted by Gasteiger charge is 2.11. The van der Waals surface area contributed by atoms with Gasteiger partial charge in [0, 0.05) is 11.1 Å². The summed E-state index contributed by atoms with van der Waals surface area (Å²) in [5.74, 6) is 0.355. The molecular formula is C24H22O3. The lowest BCUT2D eigenvalue weighted by Crippen LogP contribution is -2.12. The molecule has 0 unspecified atom stereocenters. The highest BCUT2D eigenvalue weighted by molar-refractivity contribution is 5.87. The van der Waals surface area contributed by atoms with Crippen LogP contribution in [0.4, 0.5) is 0 Å². The largest absolute Gasteiger partial charge is 0.489 e. The molecule has 0 saturated heterocycles. The molecule has 0 spiro atoms. The predicted molar refractivity (Wildman–Crippen MR) is 109 cm³/mol. The number of ether oxygens (including phenoxy) is 2. The van der Waals surface area contributed by atoms with Crippen molar-refractivity contribution in [2.45, 2.75) is 6.92 Å². The standard InChI is InChI=1S/C24H22O3/c1-18(2)24(25)27-17-16-26-23-15-9-8-14-22(23)21-13-7-6-12-20(21)19-10-4-3-5-11-19/h3-15H,1,16-17H2,2H3. The van der Waals surface area contributed by atoms with Crippen molar-refractivity contribution in [2.24, 2.45) is 0 Å². The molecule has 0 aliphatic carbocycles. The molecule has 3 nitrogen and oxygen atoms in total. The van der Waals surface area contributed by atoms with Crippen LogP contribution in [-0.2, 0) is 9.53 Å². The number of para-hydroxylation sites is 1. The van der Waals surface area contributed by atoms with E-state index in [2.05, 4.69) is 30.8 Å². The van der Waals surface area contributed by atoms with Crippen molar-refractivity contribution < 1.29 is 14.3 Å².